The Morgan fingerprint density at radius 1 is 1.38 bits per heavy atom. The molecule has 1 aromatic carbocycles. The van der Waals surface area contributed by atoms with Gasteiger partial charge in [-0.25, -0.2) is 18.4 Å². The zero-order chi connectivity index (χ0) is 16.4. The maximum Gasteiger partial charge on any atom is 0.339 e. The zero-order valence-electron chi connectivity index (χ0n) is 11.9. The van der Waals surface area contributed by atoms with Crippen LogP contribution >= 0.6 is 27.5 Å². The summed E-state index contributed by atoms with van der Waals surface area (Å²) < 4.78 is 28.3. The highest BCUT2D eigenvalue weighted by Gasteiger charge is 2.21. The Labute approximate surface area is 138 Å². The molecule has 0 radical (unpaired) electrons. The van der Waals surface area contributed by atoms with Crippen molar-refractivity contribution < 1.29 is 17.9 Å². The van der Waals surface area contributed by atoms with Crippen LogP contribution in [0, 0.1) is 5.92 Å². The molecule has 8 heteroatoms. The van der Waals surface area contributed by atoms with Crippen LogP contribution in [0.1, 0.15) is 37.6 Å². The number of carbonyl (C=O) groups excluding carboxylic acids is 1. The number of hydrogen-bond acceptors (Lipinski definition) is 4. The number of esters is 1. The fraction of sp³-hybridized carbons (Fsp3) is 0.462. The lowest BCUT2D eigenvalue weighted by Crippen LogP contribution is -2.18. The second-order valence-electron chi connectivity index (χ2n) is 5.16. The van der Waals surface area contributed by atoms with Crippen LogP contribution in [-0.4, -0.2) is 20.5 Å². The van der Waals surface area contributed by atoms with Gasteiger partial charge in [0.2, 0.25) is 10.0 Å². The van der Waals surface area contributed by atoms with E-state index in [1.807, 2.05) is 13.8 Å². The number of ether oxygens (including phenoxy) is 1. The van der Waals surface area contributed by atoms with Crippen molar-refractivity contribution in [2.45, 2.75) is 38.2 Å². The average Bonchev–Trinajstić information content (AvgIpc) is 2.29. The first-order valence-electron chi connectivity index (χ1n) is 6.25. The van der Waals surface area contributed by atoms with Gasteiger partial charge in [0.05, 0.1) is 21.6 Å². The van der Waals surface area contributed by atoms with Crippen molar-refractivity contribution in [2.24, 2.45) is 11.1 Å². The van der Waals surface area contributed by atoms with Crippen molar-refractivity contribution in [3.63, 3.8) is 0 Å². The lowest BCUT2D eigenvalue weighted by atomic mass is 10.1. The second-order valence-corrected chi connectivity index (χ2v) is 7.95. The summed E-state index contributed by atoms with van der Waals surface area (Å²) in [7, 11) is -3.94. The monoisotopic (exact) mass is 397 g/mol. The number of benzene rings is 1. The largest absolute Gasteiger partial charge is 0.459 e. The molecule has 0 aliphatic heterocycles. The summed E-state index contributed by atoms with van der Waals surface area (Å²) in [5, 5.41) is 5.16. The van der Waals surface area contributed by atoms with E-state index in [1.165, 1.54) is 6.07 Å². The van der Waals surface area contributed by atoms with Crippen LogP contribution in [0.5, 0.6) is 0 Å². The molecule has 118 valence electrons. The molecule has 1 aromatic rings. The molecule has 0 bridgehead atoms. The van der Waals surface area contributed by atoms with Crippen LogP contribution in [0.2, 0.25) is 5.02 Å². The molecule has 0 aliphatic rings. The van der Waals surface area contributed by atoms with E-state index in [4.69, 9.17) is 21.5 Å². The number of primary sulfonamides is 1. The molecule has 0 aliphatic carbocycles. The molecule has 0 spiro atoms. The lowest BCUT2D eigenvalue weighted by Gasteiger charge is -2.16. The SMILES string of the molecule is CC(C)CC(C)OC(=O)c1cc(S(N)(=O)=O)cc(Br)c1Cl. The normalized spacial score (nSPS) is 13.3. The van der Waals surface area contributed by atoms with Gasteiger partial charge in [-0.3, -0.25) is 0 Å². The van der Waals surface area contributed by atoms with E-state index in [-0.39, 0.29) is 26.1 Å². The van der Waals surface area contributed by atoms with E-state index >= 15 is 0 Å². The topological polar surface area (TPSA) is 86.5 Å². The number of carbonyl (C=O) groups is 1. The molecule has 0 fully saturated rings. The van der Waals surface area contributed by atoms with Crippen LogP contribution in [-0.2, 0) is 14.8 Å². The molecule has 0 saturated heterocycles. The summed E-state index contributed by atoms with van der Waals surface area (Å²) in [5.41, 5.74) is -0.0364. The molecule has 0 aromatic heterocycles. The van der Waals surface area contributed by atoms with Gasteiger partial charge in [-0.2, -0.15) is 0 Å². The average molecular weight is 399 g/mol. The van der Waals surface area contributed by atoms with Crippen LogP contribution in [0.15, 0.2) is 21.5 Å². The molecule has 0 saturated carbocycles. The third kappa shape index (κ3) is 5.25. The summed E-state index contributed by atoms with van der Waals surface area (Å²) in [6.45, 7) is 5.79. The quantitative estimate of drug-likeness (QED) is 0.771. The molecular formula is C13H17BrClNO4S. The number of rotatable bonds is 5. The smallest absolute Gasteiger partial charge is 0.339 e. The maximum absolute atomic E-state index is 12.1. The Balaban J connectivity index is 3.12. The van der Waals surface area contributed by atoms with Crippen LogP contribution < -0.4 is 5.14 Å². The standard InChI is InChI=1S/C13H17BrClNO4S/c1-7(2)4-8(3)20-13(17)10-5-9(21(16,18)19)6-11(14)12(10)15/h5-8H,4H2,1-3H3,(H2,16,18,19). The van der Waals surface area contributed by atoms with Crippen molar-refractivity contribution in [1.29, 1.82) is 0 Å². The van der Waals surface area contributed by atoms with Gasteiger partial charge in [0.1, 0.15) is 0 Å². The molecule has 0 heterocycles. The van der Waals surface area contributed by atoms with Crippen LogP contribution in [0.3, 0.4) is 0 Å². The summed E-state index contributed by atoms with van der Waals surface area (Å²) in [5.74, 6) is -0.315. The fourth-order valence-corrected chi connectivity index (χ4v) is 3.20. The molecule has 0 amide bonds. The zero-order valence-corrected chi connectivity index (χ0v) is 15.0. The summed E-state index contributed by atoms with van der Waals surface area (Å²) in [4.78, 5) is 11.9. The minimum absolute atomic E-state index is 0.0364. The summed E-state index contributed by atoms with van der Waals surface area (Å²) in [6.07, 6.45) is 0.393. The summed E-state index contributed by atoms with van der Waals surface area (Å²) in [6, 6.07) is 2.36. The number of halogens is 2. The van der Waals surface area contributed by atoms with E-state index in [2.05, 4.69) is 15.9 Å². The van der Waals surface area contributed by atoms with Crippen molar-refractivity contribution in [2.75, 3.05) is 0 Å². The molecule has 1 atom stereocenters. The Bertz CT molecular complexity index is 646. The highest BCUT2D eigenvalue weighted by atomic mass is 79.9. The Morgan fingerprint density at radius 3 is 2.43 bits per heavy atom. The van der Waals surface area contributed by atoms with E-state index in [0.717, 1.165) is 6.07 Å². The van der Waals surface area contributed by atoms with Gasteiger partial charge in [0.15, 0.2) is 0 Å². The first-order chi connectivity index (χ1) is 9.52. The molecule has 21 heavy (non-hydrogen) atoms. The Morgan fingerprint density at radius 2 is 1.95 bits per heavy atom. The van der Waals surface area contributed by atoms with Crippen molar-refractivity contribution in [1.82, 2.24) is 0 Å². The predicted octanol–water partition coefficient (Wildman–Crippen LogP) is 3.34. The van der Waals surface area contributed by atoms with Crippen molar-refractivity contribution >= 4 is 43.5 Å². The molecule has 2 N–H and O–H groups in total. The van der Waals surface area contributed by atoms with Gasteiger partial charge in [0, 0.05) is 4.47 Å². The van der Waals surface area contributed by atoms with Gasteiger partial charge in [-0.1, -0.05) is 25.4 Å². The second kappa shape index (κ2) is 7.09. The van der Waals surface area contributed by atoms with Gasteiger partial charge in [0.25, 0.3) is 0 Å². The van der Waals surface area contributed by atoms with Gasteiger partial charge >= 0.3 is 5.97 Å². The molecular weight excluding hydrogens is 382 g/mol. The minimum Gasteiger partial charge on any atom is -0.459 e. The molecule has 1 unspecified atom stereocenters. The van der Waals surface area contributed by atoms with Crippen LogP contribution in [0.25, 0.3) is 0 Å². The predicted molar refractivity (Wildman–Crippen MR) is 84.9 cm³/mol. The van der Waals surface area contributed by atoms with Crippen molar-refractivity contribution in [3.05, 3.63) is 27.2 Å². The van der Waals surface area contributed by atoms with Crippen molar-refractivity contribution in [3.8, 4) is 0 Å². The van der Waals surface area contributed by atoms with Gasteiger partial charge in [-0.15, -0.1) is 0 Å². The maximum atomic E-state index is 12.1. The highest BCUT2D eigenvalue weighted by molar-refractivity contribution is 9.10. The van der Waals surface area contributed by atoms with E-state index in [9.17, 15) is 13.2 Å². The number of nitrogens with two attached hydrogens (primary N) is 1. The summed E-state index contributed by atoms with van der Waals surface area (Å²) >= 11 is 9.12. The number of hydrogen-bond donors (Lipinski definition) is 1. The van der Waals surface area contributed by atoms with Crippen LogP contribution in [0.4, 0.5) is 0 Å². The highest BCUT2D eigenvalue weighted by Crippen LogP contribution is 2.30. The Kier molecular flexibility index (Phi) is 6.22. The third-order valence-electron chi connectivity index (χ3n) is 2.66. The Hall–Kier alpha value is -0.630. The fourth-order valence-electron chi connectivity index (χ4n) is 1.84. The first kappa shape index (κ1) is 18.4. The van der Waals surface area contributed by atoms with E-state index in [0.29, 0.717) is 12.3 Å². The molecule has 1 rings (SSSR count). The van der Waals surface area contributed by atoms with Gasteiger partial charge < -0.3 is 4.74 Å². The van der Waals surface area contributed by atoms with E-state index in [1.54, 1.807) is 6.92 Å². The molecule has 5 nitrogen and oxygen atoms in total. The first-order valence-corrected chi connectivity index (χ1v) is 8.97. The lowest BCUT2D eigenvalue weighted by molar-refractivity contribution is 0.0299. The third-order valence-corrected chi connectivity index (χ3v) is 4.82. The number of sulfonamides is 1. The van der Waals surface area contributed by atoms with Gasteiger partial charge in [-0.05, 0) is 47.3 Å². The minimum atomic E-state index is -3.94. The van der Waals surface area contributed by atoms with E-state index < -0.39 is 16.0 Å².